The average Bonchev–Trinajstić information content (AvgIpc) is 3.21. The Kier molecular flexibility index (Phi) is 6.10. The normalized spacial score (nSPS) is 13.1. The maximum absolute atomic E-state index is 9.30. The molecule has 1 atom stereocenters. The smallest absolute Gasteiger partial charge is 0.227 e. The van der Waals surface area contributed by atoms with Crippen LogP contribution in [0.3, 0.4) is 0 Å². The van der Waals surface area contributed by atoms with Crippen molar-refractivity contribution in [1.82, 2.24) is 15.0 Å². The first-order valence-electron chi connectivity index (χ1n) is 9.86. The van der Waals surface area contributed by atoms with Gasteiger partial charge in [0, 0.05) is 30.1 Å². The zero-order chi connectivity index (χ0) is 22.0. The fraction of sp³-hybridized carbons (Fsp3) is 0.381. The maximum atomic E-state index is 9.30. The molecule has 1 aliphatic rings. The number of anilines is 3. The number of nitrogens with zero attached hydrogens (tertiary/aromatic N) is 3. The lowest BCUT2D eigenvalue weighted by Crippen LogP contribution is -2.19. The molecule has 164 valence electrons. The van der Waals surface area contributed by atoms with Crippen LogP contribution in [0.2, 0.25) is 0 Å². The number of benzene rings is 1. The highest BCUT2D eigenvalue weighted by Gasteiger charge is 2.24. The Morgan fingerprint density at radius 2 is 1.84 bits per heavy atom. The second-order valence-electron chi connectivity index (χ2n) is 7.13. The summed E-state index contributed by atoms with van der Waals surface area (Å²) in [6.45, 7) is 1.96. The quantitative estimate of drug-likeness (QED) is 0.483. The van der Waals surface area contributed by atoms with Gasteiger partial charge in [0.2, 0.25) is 11.7 Å². The van der Waals surface area contributed by atoms with Gasteiger partial charge in [0.05, 0.1) is 44.2 Å². The van der Waals surface area contributed by atoms with E-state index in [0.717, 1.165) is 39.8 Å². The van der Waals surface area contributed by atoms with E-state index in [1.165, 1.54) is 0 Å². The molecule has 0 bridgehead atoms. The number of aromatic nitrogens is 3. The van der Waals surface area contributed by atoms with Crippen LogP contribution in [0.1, 0.15) is 18.2 Å². The Hall–Kier alpha value is -3.11. The highest BCUT2D eigenvalue weighted by Crippen LogP contribution is 2.41. The van der Waals surface area contributed by atoms with Crippen molar-refractivity contribution in [1.29, 1.82) is 0 Å². The summed E-state index contributed by atoms with van der Waals surface area (Å²) >= 11 is 1.55. The molecular weight excluding hydrogens is 418 g/mol. The van der Waals surface area contributed by atoms with Gasteiger partial charge in [-0.15, -0.1) is 0 Å². The summed E-state index contributed by atoms with van der Waals surface area (Å²) in [5.41, 5.74) is 3.71. The lowest BCUT2D eigenvalue weighted by Gasteiger charge is -2.16. The van der Waals surface area contributed by atoms with Crippen molar-refractivity contribution < 1.29 is 19.3 Å². The Morgan fingerprint density at radius 3 is 2.48 bits per heavy atom. The number of ether oxygens (including phenoxy) is 3. The molecule has 1 aromatic carbocycles. The fourth-order valence-electron chi connectivity index (χ4n) is 3.41. The minimum atomic E-state index is -0.0604. The van der Waals surface area contributed by atoms with E-state index >= 15 is 0 Å². The molecule has 2 aromatic heterocycles. The molecule has 3 aromatic rings. The first-order valence-corrected chi connectivity index (χ1v) is 10.7. The lowest BCUT2D eigenvalue weighted by atomic mass is 10.00. The molecular formula is C21H25N5O4S. The molecule has 0 saturated heterocycles. The molecule has 0 radical (unpaired) electrons. The van der Waals surface area contributed by atoms with E-state index in [4.69, 9.17) is 19.2 Å². The molecule has 0 spiro atoms. The summed E-state index contributed by atoms with van der Waals surface area (Å²) in [6, 6.07) is 3.55. The Labute approximate surface area is 184 Å². The Bertz CT molecular complexity index is 1060. The van der Waals surface area contributed by atoms with Gasteiger partial charge in [-0.3, -0.25) is 0 Å². The topological polar surface area (TPSA) is 111 Å². The van der Waals surface area contributed by atoms with E-state index in [9.17, 15) is 5.11 Å². The van der Waals surface area contributed by atoms with Gasteiger partial charge in [-0.25, -0.2) is 15.0 Å². The maximum Gasteiger partial charge on any atom is 0.227 e. The summed E-state index contributed by atoms with van der Waals surface area (Å²) in [5, 5.41) is 16.6. The molecule has 1 unspecified atom stereocenters. The van der Waals surface area contributed by atoms with Crippen LogP contribution in [0, 0.1) is 0 Å². The third-order valence-corrected chi connectivity index (χ3v) is 6.01. The van der Waals surface area contributed by atoms with Crippen LogP contribution in [0.4, 0.5) is 16.8 Å². The molecule has 1 aliphatic carbocycles. The van der Waals surface area contributed by atoms with Crippen LogP contribution in [-0.4, -0.2) is 54.0 Å². The number of rotatable bonds is 8. The lowest BCUT2D eigenvalue weighted by molar-refractivity contribution is 0.281. The summed E-state index contributed by atoms with van der Waals surface area (Å²) < 4.78 is 16.2. The van der Waals surface area contributed by atoms with Gasteiger partial charge < -0.3 is 30.0 Å². The summed E-state index contributed by atoms with van der Waals surface area (Å²) in [4.78, 5) is 15.0. The molecule has 3 N–H and O–H groups in total. The van der Waals surface area contributed by atoms with Crippen LogP contribution in [0.5, 0.6) is 17.2 Å². The monoisotopic (exact) mass is 443 g/mol. The number of nitrogens with one attached hydrogen (secondary N) is 2. The van der Waals surface area contributed by atoms with Crippen molar-refractivity contribution in [2.24, 2.45) is 0 Å². The van der Waals surface area contributed by atoms with Crippen molar-refractivity contribution >= 4 is 28.1 Å². The van der Waals surface area contributed by atoms with Crippen LogP contribution in [0.15, 0.2) is 18.3 Å². The zero-order valence-corrected chi connectivity index (χ0v) is 18.7. The van der Waals surface area contributed by atoms with E-state index < -0.39 is 0 Å². The molecule has 0 saturated carbocycles. The van der Waals surface area contributed by atoms with Crippen LogP contribution in [-0.2, 0) is 12.8 Å². The molecule has 0 aliphatic heterocycles. The SMILES string of the molecule is COc1cc(Nc2ncc3c(n2)-c2sc(NC(C)CO)nc2CC3)cc(OC)c1OC. The third-order valence-electron chi connectivity index (χ3n) is 4.97. The van der Waals surface area contributed by atoms with Crippen LogP contribution < -0.4 is 24.8 Å². The first-order chi connectivity index (χ1) is 15.1. The number of thiazole rings is 1. The van der Waals surface area contributed by atoms with Crippen molar-refractivity contribution in [3.8, 4) is 27.8 Å². The van der Waals surface area contributed by atoms with Gasteiger partial charge in [0.15, 0.2) is 16.6 Å². The molecule has 10 heteroatoms. The van der Waals surface area contributed by atoms with Crippen molar-refractivity contribution in [3.63, 3.8) is 0 Å². The number of hydrogen-bond donors (Lipinski definition) is 3. The minimum Gasteiger partial charge on any atom is -0.493 e. The summed E-state index contributed by atoms with van der Waals surface area (Å²) in [5.74, 6) is 2.07. The molecule has 4 rings (SSSR count). The predicted molar refractivity (Wildman–Crippen MR) is 120 cm³/mol. The molecule has 0 amide bonds. The number of fused-ring (bicyclic) bond motifs is 3. The van der Waals surface area contributed by atoms with Crippen molar-refractivity contribution in [2.45, 2.75) is 25.8 Å². The van der Waals surface area contributed by atoms with Gasteiger partial charge in [-0.2, -0.15) is 0 Å². The van der Waals surface area contributed by atoms with E-state index in [1.54, 1.807) is 44.8 Å². The second-order valence-corrected chi connectivity index (χ2v) is 8.13. The summed E-state index contributed by atoms with van der Waals surface area (Å²) in [6.07, 6.45) is 3.54. The zero-order valence-electron chi connectivity index (χ0n) is 17.9. The standard InChI is InChI=1S/C21H25N5O4S/c1-11(10-27)23-21-25-14-6-5-12-9-22-20(26-17(12)19(14)31-21)24-13-7-15(28-2)18(30-4)16(8-13)29-3/h7-9,11,27H,5-6,10H2,1-4H3,(H,23,25)(H,22,24,26). The largest absolute Gasteiger partial charge is 0.493 e. The molecule has 0 fully saturated rings. The molecule has 9 nitrogen and oxygen atoms in total. The molecule has 2 heterocycles. The fourth-order valence-corrected chi connectivity index (χ4v) is 4.55. The van der Waals surface area contributed by atoms with Gasteiger partial charge in [-0.1, -0.05) is 11.3 Å². The number of methoxy groups -OCH3 is 3. The second kappa shape index (κ2) is 8.94. The van der Waals surface area contributed by atoms with Crippen LogP contribution in [0.25, 0.3) is 10.6 Å². The van der Waals surface area contributed by atoms with E-state index in [0.29, 0.717) is 28.9 Å². The third kappa shape index (κ3) is 4.21. The number of hydrogen-bond acceptors (Lipinski definition) is 10. The number of aryl methyl sites for hydroxylation is 2. The van der Waals surface area contributed by atoms with E-state index in [1.807, 2.05) is 13.1 Å². The van der Waals surface area contributed by atoms with Gasteiger partial charge in [-0.05, 0) is 25.3 Å². The van der Waals surface area contributed by atoms with Crippen LogP contribution >= 0.6 is 11.3 Å². The highest BCUT2D eigenvalue weighted by atomic mass is 32.1. The van der Waals surface area contributed by atoms with Crippen molar-refractivity contribution in [3.05, 3.63) is 29.6 Å². The van der Waals surface area contributed by atoms with Gasteiger partial charge in [0.1, 0.15) is 0 Å². The number of aliphatic hydroxyl groups excluding tert-OH is 1. The van der Waals surface area contributed by atoms with Gasteiger partial charge in [0.25, 0.3) is 0 Å². The predicted octanol–water partition coefficient (Wildman–Crippen LogP) is 3.26. The minimum absolute atomic E-state index is 0.0475. The first kappa shape index (κ1) is 21.1. The van der Waals surface area contributed by atoms with E-state index in [-0.39, 0.29) is 12.6 Å². The summed E-state index contributed by atoms with van der Waals surface area (Å²) in [7, 11) is 4.72. The van der Waals surface area contributed by atoms with Gasteiger partial charge >= 0.3 is 0 Å². The van der Waals surface area contributed by atoms with Crippen molar-refractivity contribution in [2.75, 3.05) is 38.6 Å². The average molecular weight is 444 g/mol. The highest BCUT2D eigenvalue weighted by molar-refractivity contribution is 7.19. The Morgan fingerprint density at radius 1 is 1.10 bits per heavy atom. The Balaban J connectivity index is 1.65. The number of aliphatic hydroxyl groups is 1. The molecule has 31 heavy (non-hydrogen) atoms. The van der Waals surface area contributed by atoms with E-state index in [2.05, 4.69) is 20.6 Å².